The molecule has 0 spiro atoms. The van der Waals surface area contributed by atoms with Crippen molar-refractivity contribution in [3.05, 3.63) is 72.5 Å². The third kappa shape index (κ3) is 3.06. The van der Waals surface area contributed by atoms with E-state index in [-0.39, 0.29) is 11.0 Å². The van der Waals surface area contributed by atoms with E-state index in [1.807, 2.05) is 18.2 Å². The number of hydrogen-bond acceptors (Lipinski definition) is 2. The first-order valence-electron chi connectivity index (χ1n) is 7.15. The van der Waals surface area contributed by atoms with Crippen LogP contribution in [0.2, 0.25) is 0 Å². The van der Waals surface area contributed by atoms with Crippen LogP contribution in [0.3, 0.4) is 0 Å². The van der Waals surface area contributed by atoms with Crippen LogP contribution in [0.4, 0.5) is 0 Å². The largest absolute Gasteiger partial charge is 0.282 e. The van der Waals surface area contributed by atoms with E-state index in [4.69, 9.17) is 0 Å². The second-order valence-corrected chi connectivity index (χ2v) is 8.13. The van der Waals surface area contributed by atoms with Gasteiger partial charge in [-0.2, -0.15) is 5.26 Å². The minimum Gasteiger partial charge on any atom is -0.282 e. The van der Waals surface area contributed by atoms with E-state index in [1.165, 1.54) is 0 Å². The highest BCUT2D eigenvalue weighted by Gasteiger charge is 2.27. The summed E-state index contributed by atoms with van der Waals surface area (Å²) in [5.41, 5.74) is 3.32. The van der Waals surface area contributed by atoms with E-state index in [1.54, 1.807) is 16.8 Å². The summed E-state index contributed by atoms with van der Waals surface area (Å²) < 4.78 is 2.94. The Kier molecular flexibility index (Phi) is 4.07. The highest BCUT2D eigenvalue weighted by Crippen LogP contribution is 2.37. The molecule has 0 unspecified atom stereocenters. The molecule has 0 saturated heterocycles. The maximum absolute atomic E-state index is 12.6. The molecule has 0 atom stereocenters. The molecule has 1 aromatic carbocycles. The molecule has 5 heteroatoms. The molecule has 1 aliphatic rings. The molecule has 23 heavy (non-hydrogen) atoms. The van der Waals surface area contributed by atoms with Gasteiger partial charge in [0.05, 0.1) is 21.8 Å². The van der Waals surface area contributed by atoms with Gasteiger partial charge >= 0.3 is 0 Å². The van der Waals surface area contributed by atoms with Gasteiger partial charge in [-0.05, 0) is 67.5 Å². The lowest BCUT2D eigenvalue weighted by Crippen LogP contribution is -2.26. The Hall–Kier alpha value is -1.64. The molecule has 116 valence electrons. The summed E-state index contributed by atoms with van der Waals surface area (Å²) in [6.07, 6.45) is 4.75. The number of benzene rings is 1. The monoisotopic (exact) mass is 432 g/mol. The molecule has 0 N–H and O–H groups in total. The van der Waals surface area contributed by atoms with E-state index in [2.05, 4.69) is 57.9 Å². The Morgan fingerprint density at radius 2 is 2.00 bits per heavy atom. The van der Waals surface area contributed by atoms with Crippen LogP contribution in [-0.4, -0.2) is 4.57 Å². The molecule has 0 saturated carbocycles. The zero-order valence-corrected chi connectivity index (χ0v) is 15.9. The Bertz CT molecular complexity index is 933. The van der Waals surface area contributed by atoms with Crippen molar-refractivity contribution >= 4 is 37.6 Å². The fourth-order valence-corrected chi connectivity index (χ4v) is 4.10. The summed E-state index contributed by atoms with van der Waals surface area (Å²) in [5.74, 6) is 0. The van der Waals surface area contributed by atoms with Gasteiger partial charge in [0.15, 0.2) is 0 Å². The van der Waals surface area contributed by atoms with Crippen molar-refractivity contribution in [2.75, 3.05) is 0 Å². The number of fused-ring (bicyclic) bond motifs is 1. The lowest BCUT2D eigenvalue weighted by atomic mass is 9.77. The molecule has 2 aromatic rings. The summed E-state index contributed by atoms with van der Waals surface area (Å²) in [4.78, 5) is 12.6. The molecular formula is C18H14Br2N2O. The van der Waals surface area contributed by atoms with E-state index >= 15 is 0 Å². The van der Waals surface area contributed by atoms with Crippen LogP contribution in [0, 0.1) is 16.7 Å². The van der Waals surface area contributed by atoms with Crippen LogP contribution < -0.4 is 5.56 Å². The highest BCUT2D eigenvalue weighted by molar-refractivity contribution is 9.11. The number of aromatic nitrogens is 1. The Morgan fingerprint density at radius 3 is 2.70 bits per heavy atom. The molecule has 1 aromatic heterocycles. The Labute approximate surface area is 151 Å². The molecule has 1 heterocycles. The topological polar surface area (TPSA) is 45.8 Å². The lowest BCUT2D eigenvalue weighted by molar-refractivity contribution is 0.470. The molecule has 0 radical (unpaired) electrons. The third-order valence-corrected chi connectivity index (χ3v) is 4.89. The van der Waals surface area contributed by atoms with Crippen LogP contribution in [0.25, 0.3) is 5.70 Å². The first-order chi connectivity index (χ1) is 10.8. The van der Waals surface area contributed by atoms with Crippen molar-refractivity contribution in [2.45, 2.75) is 20.3 Å². The molecule has 3 rings (SSSR count). The van der Waals surface area contributed by atoms with Crippen LogP contribution in [0.5, 0.6) is 0 Å². The number of pyridine rings is 1. The predicted octanol–water partition coefficient (Wildman–Crippen LogP) is 4.72. The number of hydrogen-bond donors (Lipinski definition) is 0. The van der Waals surface area contributed by atoms with Gasteiger partial charge < -0.3 is 0 Å². The second kappa shape index (κ2) is 5.77. The molecule has 1 aliphatic carbocycles. The summed E-state index contributed by atoms with van der Waals surface area (Å²) in [6.45, 7) is 4.29. The van der Waals surface area contributed by atoms with Gasteiger partial charge in [-0.1, -0.05) is 26.0 Å². The van der Waals surface area contributed by atoms with Gasteiger partial charge in [0.25, 0.3) is 5.56 Å². The molecule has 0 bridgehead atoms. The number of rotatable bonds is 1. The summed E-state index contributed by atoms with van der Waals surface area (Å²) in [5, 5.41) is 9.19. The van der Waals surface area contributed by atoms with Gasteiger partial charge in [-0.15, -0.1) is 0 Å². The van der Waals surface area contributed by atoms with Crippen molar-refractivity contribution in [3.8, 4) is 6.07 Å². The van der Waals surface area contributed by atoms with Crippen molar-refractivity contribution in [3.63, 3.8) is 0 Å². The summed E-state index contributed by atoms with van der Waals surface area (Å²) >= 11 is 6.76. The Balaban J connectivity index is 2.33. The fourth-order valence-electron chi connectivity index (χ4n) is 2.92. The highest BCUT2D eigenvalue weighted by atomic mass is 79.9. The van der Waals surface area contributed by atoms with Crippen molar-refractivity contribution in [1.29, 1.82) is 5.26 Å². The average molecular weight is 434 g/mol. The first-order valence-corrected chi connectivity index (χ1v) is 8.74. The van der Waals surface area contributed by atoms with Crippen LogP contribution >= 0.6 is 31.9 Å². The van der Waals surface area contributed by atoms with Crippen LogP contribution in [-0.2, 0) is 6.42 Å². The van der Waals surface area contributed by atoms with Gasteiger partial charge in [-0.3, -0.25) is 9.36 Å². The van der Waals surface area contributed by atoms with E-state index in [0.717, 1.165) is 27.7 Å². The molecule has 0 aliphatic heterocycles. The van der Waals surface area contributed by atoms with Crippen LogP contribution in [0.15, 0.2) is 50.3 Å². The summed E-state index contributed by atoms with van der Waals surface area (Å²) in [6, 6.07) is 9.59. The molecule has 0 amide bonds. The number of nitrogens with zero attached hydrogens (tertiary/aromatic N) is 2. The number of halogens is 2. The second-order valence-electron chi connectivity index (χ2n) is 6.36. The minimum atomic E-state index is -0.120. The van der Waals surface area contributed by atoms with Crippen molar-refractivity contribution < 1.29 is 0 Å². The quantitative estimate of drug-likeness (QED) is 0.653. The predicted molar refractivity (Wildman–Crippen MR) is 98.1 cm³/mol. The van der Waals surface area contributed by atoms with Gasteiger partial charge in [-0.25, -0.2) is 0 Å². The van der Waals surface area contributed by atoms with Gasteiger partial charge in [0, 0.05) is 16.2 Å². The van der Waals surface area contributed by atoms with E-state index < -0.39 is 0 Å². The fraction of sp³-hybridized carbons (Fsp3) is 0.222. The summed E-state index contributed by atoms with van der Waals surface area (Å²) in [7, 11) is 0. The zero-order chi connectivity index (χ0) is 16.8. The molecular weight excluding hydrogens is 420 g/mol. The van der Waals surface area contributed by atoms with E-state index in [9.17, 15) is 10.1 Å². The minimum absolute atomic E-state index is 0.0648. The lowest BCUT2D eigenvalue weighted by Gasteiger charge is -2.30. The number of nitriles is 1. The van der Waals surface area contributed by atoms with Gasteiger partial charge in [0.1, 0.15) is 0 Å². The average Bonchev–Trinajstić information content (AvgIpc) is 2.49. The third-order valence-electron chi connectivity index (χ3n) is 3.89. The first kappa shape index (κ1) is 16.2. The standard InChI is InChI=1S/C18H14Br2N2O/c1-18(2)7-12-4-3-11(9-21)5-14(12)16(8-18)22-10-13(19)6-15(20)17(22)23/h3-6,8,10H,7H2,1-2H3. The van der Waals surface area contributed by atoms with Crippen LogP contribution in [0.1, 0.15) is 30.5 Å². The SMILES string of the molecule is CC1(C)C=C(n2cc(Br)cc(Br)c2=O)c2cc(C#N)ccc2C1. The molecule has 3 nitrogen and oxygen atoms in total. The van der Waals surface area contributed by atoms with Crippen molar-refractivity contribution in [1.82, 2.24) is 4.57 Å². The van der Waals surface area contributed by atoms with Crippen molar-refractivity contribution in [2.24, 2.45) is 5.41 Å². The maximum Gasteiger partial charge on any atom is 0.269 e. The maximum atomic E-state index is 12.6. The van der Waals surface area contributed by atoms with E-state index in [0.29, 0.717) is 10.0 Å². The molecule has 0 fully saturated rings. The Morgan fingerprint density at radius 1 is 1.26 bits per heavy atom. The normalized spacial score (nSPS) is 15.5. The number of allylic oxidation sites excluding steroid dienone is 1. The smallest absolute Gasteiger partial charge is 0.269 e. The van der Waals surface area contributed by atoms with Gasteiger partial charge in [0.2, 0.25) is 0 Å². The zero-order valence-electron chi connectivity index (χ0n) is 12.7.